The Morgan fingerprint density at radius 1 is 1.50 bits per heavy atom. The first kappa shape index (κ1) is 11.5. The highest BCUT2D eigenvalue weighted by atomic mass is 16.5. The van der Waals surface area contributed by atoms with Gasteiger partial charge in [0.1, 0.15) is 0 Å². The Bertz CT molecular complexity index is 172. The van der Waals surface area contributed by atoms with Crippen molar-refractivity contribution < 1.29 is 4.74 Å². The average molecular weight is 198 g/mol. The summed E-state index contributed by atoms with van der Waals surface area (Å²) in [5.74, 6) is 6.73. The Hall–Kier alpha value is -0.540. The fraction of sp³-hybridized carbons (Fsp3) is 0.818. The summed E-state index contributed by atoms with van der Waals surface area (Å²) in [5.41, 5.74) is 0. The summed E-state index contributed by atoms with van der Waals surface area (Å²) in [6, 6.07) is 0. The molecule has 1 aliphatic heterocycles. The van der Waals surface area contributed by atoms with Gasteiger partial charge in [-0.3, -0.25) is 0 Å². The summed E-state index contributed by atoms with van der Waals surface area (Å²) < 4.78 is 5.56. The van der Waals surface area contributed by atoms with Crippen molar-refractivity contribution in [3.63, 3.8) is 0 Å². The lowest BCUT2D eigenvalue weighted by molar-refractivity contribution is 0.104. The lowest BCUT2D eigenvalue weighted by Crippen LogP contribution is -2.20. The van der Waals surface area contributed by atoms with Gasteiger partial charge in [-0.25, -0.2) is 5.84 Å². The molecule has 3 heteroatoms. The standard InChI is InChI=1S/C11H22N2O/c1-10(6-7-13(2)12)11-5-3-4-8-14-9-11/h6-7,10-11H,3-5,8-9,12H2,1-2H3/b7-6+. The minimum Gasteiger partial charge on any atom is -0.381 e. The molecule has 0 aliphatic carbocycles. The molecular weight excluding hydrogens is 176 g/mol. The minimum absolute atomic E-state index is 0.555. The third-order valence-electron chi connectivity index (χ3n) is 2.81. The van der Waals surface area contributed by atoms with E-state index in [-0.39, 0.29) is 0 Å². The second-order valence-corrected chi connectivity index (χ2v) is 4.20. The van der Waals surface area contributed by atoms with Gasteiger partial charge >= 0.3 is 0 Å². The highest BCUT2D eigenvalue weighted by Gasteiger charge is 2.17. The number of hydrazine groups is 1. The minimum atomic E-state index is 0.555. The summed E-state index contributed by atoms with van der Waals surface area (Å²) >= 11 is 0. The molecule has 0 aromatic carbocycles. The van der Waals surface area contributed by atoms with E-state index in [0.29, 0.717) is 11.8 Å². The zero-order valence-corrected chi connectivity index (χ0v) is 9.28. The van der Waals surface area contributed by atoms with Crippen molar-refractivity contribution in [3.05, 3.63) is 12.3 Å². The summed E-state index contributed by atoms with van der Waals surface area (Å²) in [4.78, 5) is 0. The highest BCUT2D eigenvalue weighted by Crippen LogP contribution is 2.22. The number of hydrogen-bond donors (Lipinski definition) is 1. The molecule has 2 atom stereocenters. The zero-order valence-electron chi connectivity index (χ0n) is 9.28. The van der Waals surface area contributed by atoms with Crippen molar-refractivity contribution in [3.8, 4) is 0 Å². The Morgan fingerprint density at radius 2 is 2.29 bits per heavy atom. The lowest BCUT2D eigenvalue weighted by Gasteiger charge is -2.19. The summed E-state index contributed by atoms with van der Waals surface area (Å²) in [5, 5.41) is 1.59. The second-order valence-electron chi connectivity index (χ2n) is 4.20. The van der Waals surface area contributed by atoms with Crippen LogP contribution in [0.1, 0.15) is 26.2 Å². The lowest BCUT2D eigenvalue weighted by atomic mass is 9.90. The molecule has 0 aromatic heterocycles. The van der Waals surface area contributed by atoms with Crippen molar-refractivity contribution in [2.45, 2.75) is 26.2 Å². The first-order chi connectivity index (χ1) is 6.70. The van der Waals surface area contributed by atoms with Crippen LogP contribution in [-0.4, -0.2) is 25.3 Å². The third kappa shape index (κ3) is 4.11. The average Bonchev–Trinajstić information content (AvgIpc) is 2.42. The molecule has 2 unspecified atom stereocenters. The molecule has 0 radical (unpaired) electrons. The van der Waals surface area contributed by atoms with Gasteiger partial charge in [0.15, 0.2) is 0 Å². The van der Waals surface area contributed by atoms with Gasteiger partial charge in [-0.1, -0.05) is 19.4 Å². The third-order valence-corrected chi connectivity index (χ3v) is 2.81. The van der Waals surface area contributed by atoms with Crippen LogP contribution in [0.3, 0.4) is 0 Å². The zero-order chi connectivity index (χ0) is 10.4. The Balaban J connectivity index is 2.37. The summed E-state index contributed by atoms with van der Waals surface area (Å²) in [7, 11) is 1.84. The van der Waals surface area contributed by atoms with E-state index in [9.17, 15) is 0 Å². The van der Waals surface area contributed by atoms with Crippen molar-refractivity contribution >= 4 is 0 Å². The fourth-order valence-electron chi connectivity index (χ4n) is 1.77. The predicted octanol–water partition coefficient (Wildman–Crippen LogP) is 1.76. The van der Waals surface area contributed by atoms with E-state index < -0.39 is 0 Å². The van der Waals surface area contributed by atoms with Crippen LogP contribution in [-0.2, 0) is 4.74 Å². The van der Waals surface area contributed by atoms with Gasteiger partial charge in [0.05, 0.1) is 0 Å². The number of hydrogen-bond acceptors (Lipinski definition) is 3. The largest absolute Gasteiger partial charge is 0.381 e. The monoisotopic (exact) mass is 198 g/mol. The molecule has 82 valence electrons. The maximum Gasteiger partial charge on any atom is 0.0499 e. The molecule has 1 heterocycles. The van der Waals surface area contributed by atoms with Gasteiger partial charge in [0, 0.05) is 26.5 Å². The second kappa shape index (κ2) is 6.04. The molecule has 3 nitrogen and oxygen atoms in total. The van der Waals surface area contributed by atoms with Crippen LogP contribution in [0.25, 0.3) is 0 Å². The maximum absolute atomic E-state index is 5.56. The molecule has 2 N–H and O–H groups in total. The molecule has 0 aromatic rings. The predicted molar refractivity (Wildman–Crippen MR) is 58.4 cm³/mol. The molecule has 1 rings (SSSR count). The first-order valence-corrected chi connectivity index (χ1v) is 5.43. The summed E-state index contributed by atoms with van der Waals surface area (Å²) in [6.07, 6.45) is 7.87. The van der Waals surface area contributed by atoms with Gasteiger partial charge in [-0.2, -0.15) is 0 Å². The van der Waals surface area contributed by atoms with Gasteiger partial charge in [0.2, 0.25) is 0 Å². The van der Waals surface area contributed by atoms with E-state index >= 15 is 0 Å². The van der Waals surface area contributed by atoms with E-state index in [0.717, 1.165) is 13.2 Å². The van der Waals surface area contributed by atoms with Crippen molar-refractivity contribution in [2.24, 2.45) is 17.7 Å². The van der Waals surface area contributed by atoms with E-state index in [1.807, 2.05) is 13.2 Å². The number of rotatable bonds is 3. The SMILES string of the molecule is CC(/C=C/N(C)N)C1CCCCOC1. The molecule has 1 fully saturated rings. The van der Waals surface area contributed by atoms with Gasteiger partial charge in [-0.05, 0) is 24.7 Å². The number of nitrogens with two attached hydrogens (primary N) is 1. The Morgan fingerprint density at radius 3 is 3.00 bits per heavy atom. The van der Waals surface area contributed by atoms with Crippen molar-refractivity contribution in [1.82, 2.24) is 5.01 Å². The van der Waals surface area contributed by atoms with Crippen LogP contribution in [0.15, 0.2) is 12.3 Å². The van der Waals surface area contributed by atoms with E-state index in [4.69, 9.17) is 10.6 Å². The van der Waals surface area contributed by atoms with Crippen LogP contribution >= 0.6 is 0 Å². The fourth-order valence-corrected chi connectivity index (χ4v) is 1.77. The van der Waals surface area contributed by atoms with Gasteiger partial charge in [-0.15, -0.1) is 0 Å². The number of allylic oxidation sites excluding steroid dienone is 1. The first-order valence-electron chi connectivity index (χ1n) is 5.43. The normalized spacial score (nSPS) is 26.1. The highest BCUT2D eigenvalue weighted by molar-refractivity contribution is 4.88. The van der Waals surface area contributed by atoms with Crippen LogP contribution in [0, 0.1) is 11.8 Å². The van der Waals surface area contributed by atoms with Gasteiger partial charge in [0.25, 0.3) is 0 Å². The van der Waals surface area contributed by atoms with Crippen molar-refractivity contribution in [1.29, 1.82) is 0 Å². The van der Waals surface area contributed by atoms with E-state index in [1.54, 1.807) is 5.01 Å². The van der Waals surface area contributed by atoms with Crippen LogP contribution in [0.5, 0.6) is 0 Å². The molecular formula is C11H22N2O. The summed E-state index contributed by atoms with van der Waals surface area (Å²) in [6.45, 7) is 4.07. The molecule has 1 aliphatic rings. The van der Waals surface area contributed by atoms with Crippen LogP contribution in [0.2, 0.25) is 0 Å². The molecule has 0 amide bonds. The number of nitrogens with zero attached hydrogens (tertiary/aromatic N) is 1. The Labute approximate surface area is 86.9 Å². The molecule has 1 saturated heterocycles. The van der Waals surface area contributed by atoms with Gasteiger partial charge < -0.3 is 9.75 Å². The molecule has 0 spiro atoms. The Kier molecular flexibility index (Phi) is 4.98. The van der Waals surface area contributed by atoms with E-state index in [2.05, 4.69) is 13.0 Å². The number of ether oxygens (including phenoxy) is 1. The quantitative estimate of drug-likeness (QED) is 0.554. The van der Waals surface area contributed by atoms with Crippen molar-refractivity contribution in [2.75, 3.05) is 20.3 Å². The molecule has 0 bridgehead atoms. The molecule has 14 heavy (non-hydrogen) atoms. The van der Waals surface area contributed by atoms with E-state index in [1.165, 1.54) is 19.3 Å². The van der Waals surface area contributed by atoms with Crippen LogP contribution in [0.4, 0.5) is 0 Å². The molecule has 0 saturated carbocycles. The topological polar surface area (TPSA) is 38.5 Å². The van der Waals surface area contributed by atoms with Crippen LogP contribution < -0.4 is 5.84 Å². The smallest absolute Gasteiger partial charge is 0.0499 e. The maximum atomic E-state index is 5.56.